The van der Waals surface area contributed by atoms with Gasteiger partial charge in [-0.05, 0) is 24.5 Å². The summed E-state index contributed by atoms with van der Waals surface area (Å²) in [7, 11) is 0. The van der Waals surface area contributed by atoms with Crippen LogP contribution in [-0.4, -0.2) is 46.8 Å². The second-order valence-electron chi connectivity index (χ2n) is 5.73. The molecule has 2 aromatic rings. The molecule has 1 aromatic carbocycles. The van der Waals surface area contributed by atoms with Gasteiger partial charge in [0.05, 0.1) is 10.7 Å². The minimum Gasteiger partial charge on any atom is -0.477 e. The summed E-state index contributed by atoms with van der Waals surface area (Å²) in [5.74, 6) is -1.22. The first-order chi connectivity index (χ1) is 11.5. The van der Waals surface area contributed by atoms with Gasteiger partial charge in [-0.15, -0.1) is 0 Å². The van der Waals surface area contributed by atoms with Crippen molar-refractivity contribution in [2.75, 3.05) is 24.5 Å². The van der Waals surface area contributed by atoms with Gasteiger partial charge in [0.15, 0.2) is 5.69 Å². The van der Waals surface area contributed by atoms with E-state index in [9.17, 15) is 9.59 Å². The third kappa shape index (κ3) is 3.51. The molecule has 0 aliphatic carbocycles. The molecule has 1 unspecified atom stereocenters. The van der Waals surface area contributed by atoms with Crippen LogP contribution in [0.25, 0.3) is 0 Å². The summed E-state index contributed by atoms with van der Waals surface area (Å²) in [4.78, 5) is 25.0. The number of hydrogen-bond acceptors (Lipinski definition) is 4. The summed E-state index contributed by atoms with van der Waals surface area (Å²) < 4.78 is 0. The summed E-state index contributed by atoms with van der Waals surface area (Å²) >= 11 is 6.22. The number of aromatic carboxylic acids is 1. The van der Waals surface area contributed by atoms with Gasteiger partial charge in [0.2, 0.25) is 0 Å². The van der Waals surface area contributed by atoms with Crippen LogP contribution in [-0.2, 0) is 0 Å². The zero-order chi connectivity index (χ0) is 17.1. The number of carbonyl (C=O) groups is 2. The number of amides is 1. The lowest BCUT2D eigenvalue weighted by atomic mass is 10.1. The number of halogens is 1. The molecule has 3 N–H and O–H groups in total. The SMILES string of the molecule is O=C(NCC1CCN(c2ccccc2Cl)C1)c1cc(C(=O)O)[nH]n1. The molecule has 0 radical (unpaired) electrons. The molecule has 1 amide bonds. The van der Waals surface area contributed by atoms with Crippen LogP contribution in [0.15, 0.2) is 30.3 Å². The highest BCUT2D eigenvalue weighted by Gasteiger charge is 2.24. The van der Waals surface area contributed by atoms with Crippen molar-refractivity contribution >= 4 is 29.2 Å². The van der Waals surface area contributed by atoms with Crippen LogP contribution in [0.5, 0.6) is 0 Å². The van der Waals surface area contributed by atoms with Crippen LogP contribution in [0, 0.1) is 5.92 Å². The molecule has 3 rings (SSSR count). The van der Waals surface area contributed by atoms with E-state index in [0.717, 1.165) is 30.2 Å². The average Bonchev–Trinajstić information content (AvgIpc) is 3.22. The van der Waals surface area contributed by atoms with Crippen LogP contribution < -0.4 is 10.2 Å². The third-order valence-electron chi connectivity index (χ3n) is 4.07. The first kappa shape index (κ1) is 16.3. The van der Waals surface area contributed by atoms with Crippen molar-refractivity contribution in [3.63, 3.8) is 0 Å². The quantitative estimate of drug-likeness (QED) is 0.767. The van der Waals surface area contributed by atoms with Crippen LogP contribution in [0.2, 0.25) is 5.02 Å². The number of benzene rings is 1. The van der Waals surface area contributed by atoms with Gasteiger partial charge in [0.25, 0.3) is 5.91 Å². The summed E-state index contributed by atoms with van der Waals surface area (Å²) in [6, 6.07) is 8.93. The number of para-hydroxylation sites is 1. The number of aromatic nitrogens is 2. The molecule has 1 aliphatic heterocycles. The number of anilines is 1. The van der Waals surface area contributed by atoms with Crippen LogP contribution in [0.4, 0.5) is 5.69 Å². The fourth-order valence-corrected chi connectivity index (χ4v) is 3.06. The van der Waals surface area contributed by atoms with Gasteiger partial charge in [-0.25, -0.2) is 4.79 Å². The molecule has 1 aliphatic rings. The Balaban J connectivity index is 1.53. The first-order valence-corrected chi connectivity index (χ1v) is 7.99. The van der Waals surface area contributed by atoms with Gasteiger partial charge in [-0.1, -0.05) is 23.7 Å². The standard InChI is InChI=1S/C16H17ClN4O3/c17-11-3-1-2-4-14(11)21-6-5-10(9-21)8-18-15(22)12-7-13(16(23)24)20-19-12/h1-4,7,10H,5-6,8-9H2,(H,18,22)(H,19,20)(H,23,24). The van der Waals surface area contributed by atoms with E-state index in [-0.39, 0.29) is 17.3 Å². The largest absolute Gasteiger partial charge is 0.477 e. The number of rotatable bonds is 5. The number of carboxylic acid groups (broad SMARTS) is 1. The van der Waals surface area contributed by atoms with E-state index in [0.29, 0.717) is 12.5 Å². The van der Waals surface area contributed by atoms with Gasteiger partial charge in [-0.2, -0.15) is 5.10 Å². The minimum atomic E-state index is -1.15. The Labute approximate surface area is 143 Å². The van der Waals surface area contributed by atoms with Gasteiger partial charge < -0.3 is 15.3 Å². The maximum absolute atomic E-state index is 12.0. The fourth-order valence-electron chi connectivity index (χ4n) is 2.80. The zero-order valence-electron chi connectivity index (χ0n) is 12.8. The lowest BCUT2D eigenvalue weighted by Crippen LogP contribution is -2.31. The summed E-state index contributed by atoms with van der Waals surface area (Å²) in [6.07, 6.45) is 0.951. The van der Waals surface area contributed by atoms with Crippen LogP contribution in [0.3, 0.4) is 0 Å². The van der Waals surface area contributed by atoms with Gasteiger partial charge in [-0.3, -0.25) is 9.89 Å². The van der Waals surface area contributed by atoms with Crippen molar-refractivity contribution < 1.29 is 14.7 Å². The molecule has 1 aromatic heterocycles. The van der Waals surface area contributed by atoms with E-state index in [4.69, 9.17) is 16.7 Å². The second-order valence-corrected chi connectivity index (χ2v) is 6.14. The second kappa shape index (κ2) is 6.92. The van der Waals surface area contributed by atoms with E-state index in [1.54, 1.807) is 0 Å². The number of H-pyrrole nitrogens is 1. The van der Waals surface area contributed by atoms with E-state index in [1.165, 1.54) is 6.07 Å². The number of nitrogens with one attached hydrogen (secondary N) is 2. The molecule has 7 nitrogen and oxygen atoms in total. The number of nitrogens with zero attached hydrogens (tertiary/aromatic N) is 2. The highest BCUT2D eigenvalue weighted by Crippen LogP contribution is 2.29. The molecule has 0 spiro atoms. The Kier molecular flexibility index (Phi) is 4.71. The Hall–Kier alpha value is -2.54. The van der Waals surface area contributed by atoms with Gasteiger partial charge in [0, 0.05) is 25.7 Å². The van der Waals surface area contributed by atoms with Crippen molar-refractivity contribution in [3.8, 4) is 0 Å². The number of hydrogen-bond donors (Lipinski definition) is 3. The molecule has 0 saturated carbocycles. The molecule has 8 heteroatoms. The summed E-state index contributed by atoms with van der Waals surface area (Å²) in [5, 5.41) is 18.4. The highest BCUT2D eigenvalue weighted by atomic mass is 35.5. The van der Waals surface area contributed by atoms with Crippen molar-refractivity contribution in [3.05, 3.63) is 46.7 Å². The zero-order valence-corrected chi connectivity index (χ0v) is 13.6. The molecule has 126 valence electrons. The number of aromatic amines is 1. The average molecular weight is 349 g/mol. The third-order valence-corrected chi connectivity index (χ3v) is 4.39. The van der Waals surface area contributed by atoms with Crippen molar-refractivity contribution in [1.82, 2.24) is 15.5 Å². The predicted octanol–water partition coefficient (Wildman–Crippen LogP) is 2.02. The Bertz CT molecular complexity index is 761. The molecule has 24 heavy (non-hydrogen) atoms. The van der Waals surface area contributed by atoms with Crippen molar-refractivity contribution in [2.45, 2.75) is 6.42 Å². The molecular formula is C16H17ClN4O3. The number of carboxylic acids is 1. The minimum absolute atomic E-state index is 0.0772. The van der Waals surface area contributed by atoms with Crippen LogP contribution in [0.1, 0.15) is 27.4 Å². The molecular weight excluding hydrogens is 332 g/mol. The first-order valence-electron chi connectivity index (χ1n) is 7.61. The normalized spacial score (nSPS) is 17.0. The number of carbonyl (C=O) groups excluding carboxylic acids is 1. The summed E-state index contributed by atoms with van der Waals surface area (Å²) in [5.41, 5.74) is 0.977. The van der Waals surface area contributed by atoms with E-state index >= 15 is 0 Å². The lowest BCUT2D eigenvalue weighted by Gasteiger charge is -2.20. The lowest BCUT2D eigenvalue weighted by molar-refractivity contribution is 0.0690. The predicted molar refractivity (Wildman–Crippen MR) is 89.7 cm³/mol. The van der Waals surface area contributed by atoms with Gasteiger partial charge >= 0.3 is 5.97 Å². The van der Waals surface area contributed by atoms with Crippen molar-refractivity contribution in [2.24, 2.45) is 5.92 Å². The van der Waals surface area contributed by atoms with Crippen LogP contribution >= 0.6 is 11.6 Å². The Morgan fingerprint density at radius 3 is 2.92 bits per heavy atom. The smallest absolute Gasteiger partial charge is 0.353 e. The Morgan fingerprint density at radius 1 is 1.42 bits per heavy atom. The fraction of sp³-hybridized carbons (Fsp3) is 0.312. The van der Waals surface area contributed by atoms with E-state index in [1.807, 2.05) is 24.3 Å². The maximum Gasteiger partial charge on any atom is 0.353 e. The molecule has 2 heterocycles. The highest BCUT2D eigenvalue weighted by molar-refractivity contribution is 6.33. The topological polar surface area (TPSA) is 98.3 Å². The van der Waals surface area contributed by atoms with E-state index in [2.05, 4.69) is 20.4 Å². The molecule has 1 saturated heterocycles. The maximum atomic E-state index is 12.0. The summed E-state index contributed by atoms with van der Waals surface area (Å²) in [6.45, 7) is 2.20. The van der Waals surface area contributed by atoms with Crippen molar-refractivity contribution in [1.29, 1.82) is 0 Å². The monoisotopic (exact) mass is 348 g/mol. The van der Waals surface area contributed by atoms with Gasteiger partial charge in [0.1, 0.15) is 5.69 Å². The molecule has 1 atom stereocenters. The Morgan fingerprint density at radius 2 is 2.21 bits per heavy atom. The molecule has 0 bridgehead atoms. The molecule has 1 fully saturated rings. The van der Waals surface area contributed by atoms with E-state index < -0.39 is 5.97 Å².